The fourth-order valence-corrected chi connectivity index (χ4v) is 3.33. The van der Waals surface area contributed by atoms with Crippen LogP contribution < -0.4 is 17.1 Å². The van der Waals surface area contributed by atoms with Crippen LogP contribution in [0.4, 0.5) is 0 Å². The fourth-order valence-electron chi connectivity index (χ4n) is 3.33. The maximum atomic E-state index is 12.0. The molecule has 0 aromatic carbocycles. The summed E-state index contributed by atoms with van der Waals surface area (Å²) in [5.41, 5.74) is -2.02. The van der Waals surface area contributed by atoms with Crippen molar-refractivity contribution in [2.24, 2.45) is 20.0 Å². The lowest BCUT2D eigenvalue weighted by atomic mass is 9.90. The van der Waals surface area contributed by atoms with Gasteiger partial charge in [-0.3, -0.25) is 4.79 Å². The third kappa shape index (κ3) is 3.76. The average molecular weight is 353 g/mol. The van der Waals surface area contributed by atoms with Crippen LogP contribution in [-0.2, 0) is 34.9 Å². The minimum Gasteiger partial charge on any atom is -0.465 e. The number of carbonyl (C=O) groups is 1. The molecule has 1 aliphatic heterocycles. The number of aromatic nitrogens is 3. The van der Waals surface area contributed by atoms with E-state index < -0.39 is 17.1 Å². The molecular weight excluding hydrogens is 330 g/mol. The molecule has 2 heterocycles. The van der Waals surface area contributed by atoms with Gasteiger partial charge in [0.25, 0.3) is 0 Å². The van der Waals surface area contributed by atoms with Crippen molar-refractivity contribution in [2.75, 3.05) is 6.61 Å². The Balaban J connectivity index is 1.48. The largest absolute Gasteiger partial charge is 0.465 e. The summed E-state index contributed by atoms with van der Waals surface area (Å²) < 4.78 is 13.4. The molecule has 1 saturated carbocycles. The van der Waals surface area contributed by atoms with Gasteiger partial charge in [0, 0.05) is 27.1 Å². The molecule has 0 spiro atoms. The zero-order valence-corrected chi connectivity index (χ0v) is 14.5. The van der Waals surface area contributed by atoms with Crippen LogP contribution in [0.1, 0.15) is 32.1 Å². The Labute approximate surface area is 143 Å². The molecule has 138 valence electrons. The third-order valence-corrected chi connectivity index (χ3v) is 4.96. The molecular formula is C16H23N3O6. The van der Waals surface area contributed by atoms with E-state index in [9.17, 15) is 19.2 Å². The molecule has 1 aromatic rings. The summed E-state index contributed by atoms with van der Waals surface area (Å²) in [6.07, 6.45) is 4.18. The van der Waals surface area contributed by atoms with Crippen LogP contribution in [0.25, 0.3) is 0 Å². The van der Waals surface area contributed by atoms with E-state index in [1.54, 1.807) is 0 Å². The van der Waals surface area contributed by atoms with Gasteiger partial charge in [-0.15, -0.1) is 0 Å². The van der Waals surface area contributed by atoms with E-state index in [-0.39, 0.29) is 18.9 Å². The monoisotopic (exact) mass is 353 g/mol. The first-order valence-electron chi connectivity index (χ1n) is 8.56. The predicted octanol–water partition coefficient (Wildman–Crippen LogP) is -0.863. The summed E-state index contributed by atoms with van der Waals surface area (Å²) in [5, 5.41) is 0. The highest BCUT2D eigenvalue weighted by Crippen LogP contribution is 2.39. The standard InChI is InChI=1S/C16H23N3O6/c1-17-14(21)18(2)16(23)19(15(17)22)7-3-4-13(20)24-9-10-5-6-11-12(8-10)25-11/h10-12H,3-9H2,1-2H3/t10?,11?,12-/m0/s1. The van der Waals surface area contributed by atoms with E-state index >= 15 is 0 Å². The van der Waals surface area contributed by atoms with Crippen LogP contribution in [0.3, 0.4) is 0 Å². The summed E-state index contributed by atoms with van der Waals surface area (Å²) >= 11 is 0. The second-order valence-electron chi connectivity index (χ2n) is 6.80. The number of esters is 1. The maximum absolute atomic E-state index is 12.0. The van der Waals surface area contributed by atoms with E-state index in [1.807, 2.05) is 0 Å². The molecule has 2 aliphatic rings. The number of nitrogens with zero attached hydrogens (tertiary/aromatic N) is 3. The molecule has 1 aromatic heterocycles. The minimum absolute atomic E-state index is 0.0652. The Morgan fingerprint density at radius 2 is 1.76 bits per heavy atom. The topological polar surface area (TPSA) is 105 Å². The molecule has 2 fully saturated rings. The lowest BCUT2D eigenvalue weighted by molar-refractivity contribution is -0.145. The first kappa shape index (κ1) is 17.7. The summed E-state index contributed by atoms with van der Waals surface area (Å²) in [5.74, 6) is 0.0137. The molecule has 3 rings (SSSR count). The van der Waals surface area contributed by atoms with Crippen LogP contribution in [0.5, 0.6) is 0 Å². The van der Waals surface area contributed by atoms with Gasteiger partial charge in [0.2, 0.25) is 0 Å². The second-order valence-corrected chi connectivity index (χ2v) is 6.80. The van der Waals surface area contributed by atoms with Crippen molar-refractivity contribution in [3.8, 4) is 0 Å². The minimum atomic E-state index is -0.678. The van der Waals surface area contributed by atoms with Gasteiger partial charge in [0.05, 0.1) is 18.8 Å². The molecule has 9 heteroatoms. The van der Waals surface area contributed by atoms with Crippen molar-refractivity contribution in [3.63, 3.8) is 0 Å². The highest BCUT2D eigenvalue weighted by atomic mass is 16.6. The lowest BCUT2D eigenvalue weighted by Crippen LogP contribution is -2.52. The van der Waals surface area contributed by atoms with Crippen LogP contribution in [0.15, 0.2) is 14.4 Å². The molecule has 9 nitrogen and oxygen atoms in total. The Bertz CT molecular complexity index is 795. The van der Waals surface area contributed by atoms with Crippen LogP contribution in [-0.4, -0.2) is 38.5 Å². The van der Waals surface area contributed by atoms with Crippen LogP contribution in [0, 0.1) is 5.92 Å². The van der Waals surface area contributed by atoms with Gasteiger partial charge in [-0.2, -0.15) is 0 Å². The molecule has 25 heavy (non-hydrogen) atoms. The van der Waals surface area contributed by atoms with Crippen molar-refractivity contribution < 1.29 is 14.3 Å². The zero-order chi connectivity index (χ0) is 18.1. The van der Waals surface area contributed by atoms with Crippen molar-refractivity contribution in [2.45, 2.75) is 50.9 Å². The van der Waals surface area contributed by atoms with Crippen molar-refractivity contribution in [1.29, 1.82) is 0 Å². The van der Waals surface area contributed by atoms with Gasteiger partial charge < -0.3 is 9.47 Å². The first-order chi connectivity index (χ1) is 11.9. The smallest absolute Gasteiger partial charge is 0.336 e. The Kier molecular flexibility index (Phi) is 4.94. The van der Waals surface area contributed by atoms with E-state index in [0.717, 1.165) is 33.0 Å². The van der Waals surface area contributed by atoms with Crippen molar-refractivity contribution in [1.82, 2.24) is 13.7 Å². The van der Waals surface area contributed by atoms with Crippen LogP contribution in [0.2, 0.25) is 0 Å². The zero-order valence-electron chi connectivity index (χ0n) is 14.5. The Hall–Kier alpha value is -2.16. The van der Waals surface area contributed by atoms with E-state index in [2.05, 4.69) is 0 Å². The molecule has 3 atom stereocenters. The lowest BCUT2D eigenvalue weighted by Gasteiger charge is -2.18. The van der Waals surface area contributed by atoms with Gasteiger partial charge in [-0.05, 0) is 31.6 Å². The normalized spacial score (nSPS) is 24.6. The summed E-state index contributed by atoms with van der Waals surface area (Å²) in [7, 11) is 2.63. The highest BCUT2D eigenvalue weighted by Gasteiger charge is 2.43. The van der Waals surface area contributed by atoms with Gasteiger partial charge in [0.1, 0.15) is 0 Å². The van der Waals surface area contributed by atoms with Crippen molar-refractivity contribution in [3.05, 3.63) is 31.5 Å². The quantitative estimate of drug-likeness (QED) is 0.487. The van der Waals surface area contributed by atoms with Crippen LogP contribution >= 0.6 is 0 Å². The van der Waals surface area contributed by atoms with E-state index in [1.165, 1.54) is 14.1 Å². The van der Waals surface area contributed by atoms with Gasteiger partial charge in [0.15, 0.2) is 0 Å². The SMILES string of the molecule is Cn1c(=O)n(C)c(=O)n(CCCC(=O)OCC2CCC3O[C@H]3C2)c1=O. The molecule has 2 unspecified atom stereocenters. The molecule has 0 N–H and O–H groups in total. The van der Waals surface area contributed by atoms with Crippen molar-refractivity contribution >= 4 is 5.97 Å². The molecule has 1 saturated heterocycles. The maximum Gasteiger partial charge on any atom is 0.336 e. The summed E-state index contributed by atoms with van der Waals surface area (Å²) in [6, 6.07) is 0. The molecule has 0 radical (unpaired) electrons. The third-order valence-electron chi connectivity index (χ3n) is 4.96. The number of hydrogen-bond acceptors (Lipinski definition) is 6. The number of fused-ring (bicyclic) bond motifs is 1. The number of epoxide rings is 1. The fraction of sp³-hybridized carbons (Fsp3) is 0.750. The summed E-state index contributed by atoms with van der Waals surface area (Å²) in [6.45, 7) is 0.461. The summed E-state index contributed by atoms with van der Waals surface area (Å²) in [4.78, 5) is 47.5. The highest BCUT2D eigenvalue weighted by molar-refractivity contribution is 5.69. The molecule has 0 amide bonds. The van der Waals surface area contributed by atoms with Gasteiger partial charge >= 0.3 is 23.0 Å². The number of carbonyl (C=O) groups excluding carboxylic acids is 1. The van der Waals surface area contributed by atoms with Gasteiger partial charge in [-0.1, -0.05) is 0 Å². The molecule has 1 aliphatic carbocycles. The van der Waals surface area contributed by atoms with Gasteiger partial charge in [-0.25, -0.2) is 28.1 Å². The average Bonchev–Trinajstić information content (AvgIpc) is 3.38. The molecule has 0 bridgehead atoms. The Morgan fingerprint density at radius 1 is 1.08 bits per heavy atom. The number of rotatable bonds is 6. The van der Waals surface area contributed by atoms with E-state index in [0.29, 0.717) is 31.2 Å². The first-order valence-corrected chi connectivity index (χ1v) is 8.56. The number of hydrogen-bond donors (Lipinski definition) is 0. The second kappa shape index (κ2) is 6.99. The predicted molar refractivity (Wildman–Crippen MR) is 87.4 cm³/mol. The Morgan fingerprint density at radius 3 is 2.40 bits per heavy atom. The number of ether oxygens (including phenoxy) is 2. The van der Waals surface area contributed by atoms with E-state index in [4.69, 9.17) is 9.47 Å².